The van der Waals surface area contributed by atoms with Crippen LogP contribution in [0.2, 0.25) is 0 Å². The number of nitrogens with zero attached hydrogens (tertiary/aromatic N) is 2. The van der Waals surface area contributed by atoms with Gasteiger partial charge in [-0.3, -0.25) is 0 Å². The molecule has 0 amide bonds. The molecule has 0 spiro atoms. The van der Waals surface area contributed by atoms with Crippen LogP contribution in [-0.4, -0.2) is 63.3 Å². The third-order valence-corrected chi connectivity index (χ3v) is 8.71. The Kier molecular flexibility index (Phi) is 17.9. The second kappa shape index (κ2) is 19.1. The standard InChI is InChI=1S/C32H68N2/c1-7-9-11-13-15-17-19-21-27-33(3,4)29-31-23-25-32(26-24-31)30-34(5,6)28-22-20-18-16-14-12-10-8-2/h31-32H,7-30H2,1-6H3/q+2. The zero-order chi connectivity index (χ0) is 25.1. The molecule has 2 heteroatoms. The Hall–Kier alpha value is -0.0800. The predicted molar refractivity (Wildman–Crippen MR) is 154 cm³/mol. The summed E-state index contributed by atoms with van der Waals surface area (Å²) in [5.74, 6) is 1.95. The van der Waals surface area contributed by atoms with Crippen LogP contribution < -0.4 is 0 Å². The Bertz CT molecular complexity index is 406. The highest BCUT2D eigenvalue weighted by atomic mass is 15.3. The number of rotatable bonds is 22. The Labute approximate surface area is 217 Å². The maximum absolute atomic E-state index is 2.50. The van der Waals surface area contributed by atoms with Gasteiger partial charge >= 0.3 is 0 Å². The Balaban J connectivity index is 2.11. The van der Waals surface area contributed by atoms with Crippen LogP contribution in [0.4, 0.5) is 0 Å². The topological polar surface area (TPSA) is 0 Å². The first kappa shape index (κ1) is 31.9. The molecule has 0 saturated heterocycles. The molecule has 0 aromatic heterocycles. The zero-order valence-electron chi connectivity index (χ0n) is 25.0. The highest BCUT2D eigenvalue weighted by Crippen LogP contribution is 2.31. The van der Waals surface area contributed by atoms with Crippen molar-refractivity contribution in [3.05, 3.63) is 0 Å². The first-order valence-corrected chi connectivity index (χ1v) is 15.9. The molecule has 0 radical (unpaired) electrons. The van der Waals surface area contributed by atoms with Gasteiger partial charge in [0.1, 0.15) is 0 Å². The first-order valence-electron chi connectivity index (χ1n) is 15.9. The van der Waals surface area contributed by atoms with Crippen LogP contribution >= 0.6 is 0 Å². The number of quaternary nitrogens is 2. The van der Waals surface area contributed by atoms with E-state index in [0.717, 1.165) is 11.8 Å². The molecule has 1 aliphatic carbocycles. The number of hydrogen-bond acceptors (Lipinski definition) is 0. The fourth-order valence-electron chi connectivity index (χ4n) is 6.52. The van der Waals surface area contributed by atoms with Gasteiger partial charge in [0.25, 0.3) is 0 Å². The summed E-state index contributed by atoms with van der Waals surface area (Å²) in [5.41, 5.74) is 0. The Morgan fingerprint density at radius 2 is 0.676 bits per heavy atom. The predicted octanol–water partition coefficient (Wildman–Crippen LogP) is 9.23. The van der Waals surface area contributed by atoms with Crippen LogP contribution in [0.5, 0.6) is 0 Å². The SMILES string of the molecule is CCCCCCCCCC[N+](C)(C)CC1CCC(C[N+](C)(C)CCCCCCCCCC)CC1. The van der Waals surface area contributed by atoms with E-state index in [2.05, 4.69) is 42.0 Å². The third-order valence-electron chi connectivity index (χ3n) is 8.71. The van der Waals surface area contributed by atoms with Crippen LogP contribution in [0.3, 0.4) is 0 Å². The normalized spacial score (nSPS) is 19.6. The van der Waals surface area contributed by atoms with Gasteiger partial charge < -0.3 is 8.97 Å². The molecule has 1 rings (SSSR count). The van der Waals surface area contributed by atoms with Gasteiger partial charge in [0, 0.05) is 11.8 Å². The van der Waals surface area contributed by atoms with E-state index in [1.165, 1.54) is 164 Å². The minimum absolute atomic E-state index is 0.976. The molecule has 0 N–H and O–H groups in total. The van der Waals surface area contributed by atoms with Crippen molar-refractivity contribution in [1.82, 2.24) is 0 Å². The molecule has 2 nitrogen and oxygen atoms in total. The van der Waals surface area contributed by atoms with Crippen molar-refractivity contribution < 1.29 is 8.97 Å². The summed E-state index contributed by atoms with van der Waals surface area (Å²) in [6, 6.07) is 0. The van der Waals surface area contributed by atoms with E-state index >= 15 is 0 Å². The van der Waals surface area contributed by atoms with E-state index in [1.807, 2.05) is 0 Å². The first-order chi connectivity index (χ1) is 16.3. The van der Waals surface area contributed by atoms with Gasteiger partial charge in [0.2, 0.25) is 0 Å². The van der Waals surface area contributed by atoms with Crippen LogP contribution in [0.25, 0.3) is 0 Å². The maximum atomic E-state index is 2.50. The number of unbranched alkanes of at least 4 members (excludes halogenated alkanes) is 14. The molecule has 204 valence electrons. The quantitative estimate of drug-likeness (QED) is 0.107. The zero-order valence-corrected chi connectivity index (χ0v) is 25.0. The fraction of sp³-hybridized carbons (Fsp3) is 1.00. The molecule has 0 aliphatic heterocycles. The molecule has 1 saturated carbocycles. The van der Waals surface area contributed by atoms with Crippen molar-refractivity contribution >= 4 is 0 Å². The summed E-state index contributed by atoms with van der Waals surface area (Å²) in [6.07, 6.45) is 29.0. The van der Waals surface area contributed by atoms with Crippen molar-refractivity contribution in [3.63, 3.8) is 0 Å². The highest BCUT2D eigenvalue weighted by molar-refractivity contribution is 4.72. The molecule has 0 heterocycles. The van der Waals surface area contributed by atoms with E-state index in [9.17, 15) is 0 Å². The average molecular weight is 481 g/mol. The van der Waals surface area contributed by atoms with Crippen LogP contribution in [-0.2, 0) is 0 Å². The Morgan fingerprint density at radius 3 is 0.971 bits per heavy atom. The molecular weight excluding hydrogens is 412 g/mol. The molecule has 0 atom stereocenters. The van der Waals surface area contributed by atoms with Crippen LogP contribution in [0, 0.1) is 11.8 Å². The monoisotopic (exact) mass is 481 g/mol. The molecule has 0 bridgehead atoms. The second-order valence-electron chi connectivity index (χ2n) is 13.5. The van der Waals surface area contributed by atoms with Crippen molar-refractivity contribution in [1.29, 1.82) is 0 Å². The minimum Gasteiger partial charge on any atom is -0.328 e. The summed E-state index contributed by atoms with van der Waals surface area (Å²) in [5, 5.41) is 0. The van der Waals surface area contributed by atoms with E-state index < -0.39 is 0 Å². The molecule has 0 aromatic carbocycles. The van der Waals surface area contributed by atoms with Crippen molar-refractivity contribution in [2.75, 3.05) is 54.4 Å². The second-order valence-corrected chi connectivity index (χ2v) is 13.5. The third kappa shape index (κ3) is 17.4. The summed E-state index contributed by atoms with van der Waals surface area (Å²) in [6.45, 7) is 10.2. The van der Waals surface area contributed by atoms with Gasteiger partial charge in [-0.2, -0.15) is 0 Å². The van der Waals surface area contributed by atoms with Crippen molar-refractivity contribution in [2.24, 2.45) is 11.8 Å². The summed E-state index contributed by atoms with van der Waals surface area (Å²) >= 11 is 0. The highest BCUT2D eigenvalue weighted by Gasteiger charge is 2.30. The molecule has 34 heavy (non-hydrogen) atoms. The van der Waals surface area contributed by atoms with Crippen LogP contribution in [0.15, 0.2) is 0 Å². The van der Waals surface area contributed by atoms with Crippen molar-refractivity contribution in [2.45, 2.75) is 142 Å². The van der Waals surface area contributed by atoms with Gasteiger partial charge in [-0.15, -0.1) is 0 Å². The maximum Gasteiger partial charge on any atom is 0.0811 e. The smallest absolute Gasteiger partial charge is 0.0811 e. The lowest BCUT2D eigenvalue weighted by Gasteiger charge is -2.39. The van der Waals surface area contributed by atoms with Gasteiger partial charge in [-0.05, 0) is 51.4 Å². The molecule has 1 aliphatic rings. The minimum atomic E-state index is 0.976. The summed E-state index contributed by atoms with van der Waals surface area (Å²) in [7, 11) is 9.99. The number of hydrogen-bond donors (Lipinski definition) is 0. The van der Waals surface area contributed by atoms with Gasteiger partial charge in [0.05, 0.1) is 54.4 Å². The van der Waals surface area contributed by atoms with Crippen LogP contribution in [0.1, 0.15) is 142 Å². The largest absolute Gasteiger partial charge is 0.328 e. The van der Waals surface area contributed by atoms with Crippen molar-refractivity contribution in [3.8, 4) is 0 Å². The van der Waals surface area contributed by atoms with E-state index in [1.54, 1.807) is 0 Å². The fourth-order valence-corrected chi connectivity index (χ4v) is 6.52. The van der Waals surface area contributed by atoms with Gasteiger partial charge in [-0.1, -0.05) is 90.9 Å². The average Bonchev–Trinajstić information content (AvgIpc) is 2.78. The van der Waals surface area contributed by atoms with E-state index in [0.29, 0.717) is 0 Å². The lowest BCUT2D eigenvalue weighted by molar-refractivity contribution is -0.895. The Morgan fingerprint density at radius 1 is 0.412 bits per heavy atom. The lowest BCUT2D eigenvalue weighted by atomic mass is 9.81. The van der Waals surface area contributed by atoms with Gasteiger partial charge in [0.15, 0.2) is 0 Å². The lowest BCUT2D eigenvalue weighted by Crippen LogP contribution is -2.47. The molecule has 1 fully saturated rings. The van der Waals surface area contributed by atoms with E-state index in [4.69, 9.17) is 0 Å². The summed E-state index contributed by atoms with van der Waals surface area (Å²) in [4.78, 5) is 0. The molecule has 0 aromatic rings. The molecular formula is C32H68N2+2. The van der Waals surface area contributed by atoms with E-state index in [-0.39, 0.29) is 0 Å². The molecule has 0 unspecified atom stereocenters. The summed E-state index contributed by atoms with van der Waals surface area (Å²) < 4.78 is 2.51. The van der Waals surface area contributed by atoms with Gasteiger partial charge in [-0.25, -0.2) is 0 Å².